The van der Waals surface area contributed by atoms with Crippen molar-refractivity contribution < 1.29 is 26.8 Å². The van der Waals surface area contributed by atoms with Gasteiger partial charge in [0.1, 0.15) is 11.6 Å². The van der Waals surface area contributed by atoms with Crippen LogP contribution < -0.4 is 15.6 Å². The molecule has 1 aromatic heterocycles. The van der Waals surface area contributed by atoms with Crippen molar-refractivity contribution in [2.24, 2.45) is 0 Å². The van der Waals surface area contributed by atoms with Crippen LogP contribution in [0.25, 0.3) is 11.3 Å². The molecule has 35 heavy (non-hydrogen) atoms. The number of hydrogen-bond acceptors (Lipinski definition) is 5. The fourth-order valence-corrected chi connectivity index (χ4v) is 4.20. The Hall–Kier alpha value is -4.28. The summed E-state index contributed by atoms with van der Waals surface area (Å²) in [6.45, 7) is 0.0959. The third kappa shape index (κ3) is 5.99. The Kier molecular flexibility index (Phi) is 7.04. The number of hydrazine groups is 1. The van der Waals surface area contributed by atoms with E-state index in [0.717, 1.165) is 5.56 Å². The molecule has 0 saturated carbocycles. The number of rotatable bonds is 7. The van der Waals surface area contributed by atoms with E-state index in [1.807, 2.05) is 6.07 Å². The van der Waals surface area contributed by atoms with Gasteiger partial charge in [0.15, 0.2) is 5.76 Å². The van der Waals surface area contributed by atoms with E-state index in [-0.39, 0.29) is 22.8 Å². The lowest BCUT2D eigenvalue weighted by Crippen LogP contribution is -2.41. The third-order valence-electron chi connectivity index (χ3n) is 4.96. The molecular formula is C25H20FN3O5S. The van der Waals surface area contributed by atoms with E-state index in [1.54, 1.807) is 30.3 Å². The standard InChI is InChI=1S/C25H20FN3O5S/c26-20-11-9-18(10-12-20)22-13-14-23(34-22)25(31)29-28-24(30)19-7-4-8-21(15-19)35(32,33)27-16-17-5-2-1-3-6-17/h1-15,27H,16H2,(H,28,30)(H,29,31). The molecular weight excluding hydrogens is 473 g/mol. The SMILES string of the molecule is O=C(NNC(=O)c1ccc(-c2ccc(F)cc2)o1)c1cccc(S(=O)(=O)NCc2ccccc2)c1. The summed E-state index contributed by atoms with van der Waals surface area (Å²) >= 11 is 0. The molecule has 10 heteroatoms. The molecule has 0 radical (unpaired) electrons. The highest BCUT2D eigenvalue weighted by atomic mass is 32.2. The lowest BCUT2D eigenvalue weighted by molar-refractivity contribution is 0.0831. The molecule has 8 nitrogen and oxygen atoms in total. The van der Waals surface area contributed by atoms with Crippen LogP contribution >= 0.6 is 0 Å². The summed E-state index contributed by atoms with van der Waals surface area (Å²) in [6, 6.07) is 22.9. The van der Waals surface area contributed by atoms with Gasteiger partial charge in [0.05, 0.1) is 4.90 Å². The Morgan fingerprint density at radius 1 is 0.800 bits per heavy atom. The molecule has 0 bridgehead atoms. The Morgan fingerprint density at radius 3 is 2.26 bits per heavy atom. The van der Waals surface area contributed by atoms with Crippen molar-refractivity contribution in [3.63, 3.8) is 0 Å². The van der Waals surface area contributed by atoms with Gasteiger partial charge in [-0.25, -0.2) is 17.5 Å². The predicted octanol–water partition coefficient (Wildman–Crippen LogP) is 3.64. The molecule has 0 spiro atoms. The van der Waals surface area contributed by atoms with E-state index in [4.69, 9.17) is 4.42 Å². The minimum absolute atomic E-state index is 0.0272. The second kappa shape index (κ2) is 10.3. The molecule has 4 rings (SSSR count). The van der Waals surface area contributed by atoms with Gasteiger partial charge in [0.25, 0.3) is 5.91 Å². The van der Waals surface area contributed by atoms with Crippen LogP contribution in [-0.2, 0) is 16.6 Å². The van der Waals surface area contributed by atoms with Gasteiger partial charge in [-0.05, 0) is 60.2 Å². The molecule has 0 saturated heterocycles. The van der Waals surface area contributed by atoms with Crippen molar-refractivity contribution in [3.05, 3.63) is 114 Å². The van der Waals surface area contributed by atoms with Crippen LogP contribution in [0.1, 0.15) is 26.5 Å². The lowest BCUT2D eigenvalue weighted by atomic mass is 10.2. The Balaban J connectivity index is 1.37. The number of carbonyl (C=O) groups excluding carboxylic acids is 2. The number of sulfonamides is 1. The summed E-state index contributed by atoms with van der Waals surface area (Å²) in [5, 5.41) is 0. The van der Waals surface area contributed by atoms with Crippen molar-refractivity contribution in [2.75, 3.05) is 0 Å². The second-order valence-corrected chi connectivity index (χ2v) is 9.18. The van der Waals surface area contributed by atoms with Crippen LogP contribution in [0.5, 0.6) is 0 Å². The maximum absolute atomic E-state index is 13.1. The molecule has 0 unspecified atom stereocenters. The first-order valence-electron chi connectivity index (χ1n) is 10.4. The summed E-state index contributed by atoms with van der Waals surface area (Å²) in [6.07, 6.45) is 0. The molecule has 0 aliphatic carbocycles. The molecule has 0 fully saturated rings. The predicted molar refractivity (Wildman–Crippen MR) is 126 cm³/mol. The first-order valence-corrected chi connectivity index (χ1v) is 11.9. The van der Waals surface area contributed by atoms with Gasteiger partial charge in [-0.2, -0.15) is 0 Å². The second-order valence-electron chi connectivity index (χ2n) is 7.42. The highest BCUT2D eigenvalue weighted by Crippen LogP contribution is 2.22. The van der Waals surface area contributed by atoms with Gasteiger partial charge in [-0.1, -0.05) is 36.4 Å². The van der Waals surface area contributed by atoms with Gasteiger partial charge in [0, 0.05) is 17.7 Å². The van der Waals surface area contributed by atoms with E-state index >= 15 is 0 Å². The Labute approximate surface area is 200 Å². The van der Waals surface area contributed by atoms with Crippen LogP contribution in [-0.4, -0.2) is 20.2 Å². The third-order valence-corrected chi connectivity index (χ3v) is 6.36. The highest BCUT2D eigenvalue weighted by Gasteiger charge is 2.18. The molecule has 3 N–H and O–H groups in total. The molecule has 0 aliphatic heterocycles. The van der Waals surface area contributed by atoms with Gasteiger partial charge >= 0.3 is 5.91 Å². The van der Waals surface area contributed by atoms with Gasteiger partial charge in [-0.3, -0.25) is 20.4 Å². The average Bonchev–Trinajstić information content (AvgIpc) is 3.37. The van der Waals surface area contributed by atoms with Crippen molar-refractivity contribution in [1.82, 2.24) is 15.6 Å². The number of furan rings is 1. The topological polar surface area (TPSA) is 118 Å². The highest BCUT2D eigenvalue weighted by molar-refractivity contribution is 7.89. The van der Waals surface area contributed by atoms with Gasteiger partial charge < -0.3 is 4.42 Å². The number of halogens is 1. The first-order chi connectivity index (χ1) is 16.8. The number of benzene rings is 3. The number of amides is 2. The summed E-state index contributed by atoms with van der Waals surface area (Å²) in [7, 11) is -3.87. The molecule has 2 amide bonds. The number of carbonyl (C=O) groups is 2. The van der Waals surface area contributed by atoms with E-state index in [1.165, 1.54) is 54.6 Å². The fraction of sp³-hybridized carbons (Fsp3) is 0.0400. The maximum atomic E-state index is 13.1. The normalized spacial score (nSPS) is 11.1. The van der Waals surface area contributed by atoms with Gasteiger partial charge in [0.2, 0.25) is 10.0 Å². The van der Waals surface area contributed by atoms with E-state index < -0.39 is 27.7 Å². The van der Waals surface area contributed by atoms with E-state index in [2.05, 4.69) is 15.6 Å². The molecule has 0 atom stereocenters. The van der Waals surface area contributed by atoms with Crippen molar-refractivity contribution >= 4 is 21.8 Å². The fourth-order valence-electron chi connectivity index (χ4n) is 3.14. The maximum Gasteiger partial charge on any atom is 0.305 e. The van der Waals surface area contributed by atoms with Crippen LogP contribution in [0.2, 0.25) is 0 Å². The monoisotopic (exact) mass is 493 g/mol. The quantitative estimate of drug-likeness (QED) is 0.340. The zero-order valence-electron chi connectivity index (χ0n) is 18.2. The molecule has 4 aromatic rings. The Bertz CT molecular complexity index is 1450. The minimum atomic E-state index is -3.87. The summed E-state index contributed by atoms with van der Waals surface area (Å²) < 4.78 is 46.3. The smallest absolute Gasteiger partial charge is 0.305 e. The van der Waals surface area contributed by atoms with Crippen LogP contribution in [0.4, 0.5) is 4.39 Å². The van der Waals surface area contributed by atoms with E-state index in [9.17, 15) is 22.4 Å². The van der Waals surface area contributed by atoms with Crippen LogP contribution in [0.15, 0.2) is 100 Å². The summed E-state index contributed by atoms with van der Waals surface area (Å²) in [4.78, 5) is 24.7. The van der Waals surface area contributed by atoms with Crippen molar-refractivity contribution in [1.29, 1.82) is 0 Å². The molecule has 1 heterocycles. The first kappa shape index (κ1) is 23.9. The molecule has 3 aromatic carbocycles. The van der Waals surface area contributed by atoms with Crippen LogP contribution in [0, 0.1) is 5.82 Å². The van der Waals surface area contributed by atoms with Gasteiger partial charge in [-0.15, -0.1) is 0 Å². The average molecular weight is 494 g/mol. The summed E-state index contributed by atoms with van der Waals surface area (Å²) in [5.74, 6) is -1.57. The number of hydrogen-bond donors (Lipinski definition) is 3. The zero-order valence-corrected chi connectivity index (χ0v) is 19.0. The van der Waals surface area contributed by atoms with E-state index in [0.29, 0.717) is 11.3 Å². The van der Waals surface area contributed by atoms with Crippen molar-refractivity contribution in [2.45, 2.75) is 11.4 Å². The lowest BCUT2D eigenvalue weighted by Gasteiger charge is -2.09. The Morgan fingerprint density at radius 2 is 1.51 bits per heavy atom. The molecule has 178 valence electrons. The largest absolute Gasteiger partial charge is 0.451 e. The zero-order chi connectivity index (χ0) is 24.8. The van der Waals surface area contributed by atoms with Crippen molar-refractivity contribution in [3.8, 4) is 11.3 Å². The minimum Gasteiger partial charge on any atom is -0.451 e. The van der Waals surface area contributed by atoms with Crippen LogP contribution in [0.3, 0.4) is 0 Å². The number of nitrogens with one attached hydrogen (secondary N) is 3. The molecule has 0 aliphatic rings. The summed E-state index contributed by atoms with van der Waals surface area (Å²) in [5.41, 5.74) is 5.84.